The molecule has 2 N–H and O–H groups in total. The molecule has 3 aromatic rings. The number of rotatable bonds is 3. The van der Waals surface area contributed by atoms with E-state index in [-0.39, 0.29) is 11.2 Å². The molecule has 130 valence electrons. The molecule has 0 spiro atoms. The van der Waals surface area contributed by atoms with Gasteiger partial charge in [0, 0.05) is 5.92 Å². The minimum absolute atomic E-state index is 0.123. The van der Waals surface area contributed by atoms with Crippen molar-refractivity contribution in [2.75, 3.05) is 0 Å². The Hall–Kier alpha value is -2.19. The Labute approximate surface area is 152 Å². The van der Waals surface area contributed by atoms with E-state index in [1.54, 1.807) is 12.1 Å². The zero-order chi connectivity index (χ0) is 17.9. The standard InChI is InChI=1S/C22H19O3P/c23-26(24,25)20-11-5-10-15(14-12-13-14)22(20)21-18-8-3-1-6-16(18)17-7-2-4-9-19(17)21/h1-11,14,21H,12-13H2,(H2,23,24,25). The van der Waals surface area contributed by atoms with Gasteiger partial charge in [-0.25, -0.2) is 0 Å². The first-order chi connectivity index (χ1) is 12.6. The molecule has 3 nitrogen and oxygen atoms in total. The molecule has 0 unspecified atom stereocenters. The summed E-state index contributed by atoms with van der Waals surface area (Å²) in [5.41, 5.74) is 6.52. The first-order valence-corrected chi connectivity index (χ1v) is 10.5. The molecule has 1 fully saturated rings. The van der Waals surface area contributed by atoms with Crippen LogP contribution in [0, 0.1) is 0 Å². The number of fused-ring (bicyclic) bond motifs is 3. The van der Waals surface area contributed by atoms with Crippen molar-refractivity contribution in [3.8, 4) is 11.1 Å². The van der Waals surface area contributed by atoms with E-state index in [0.717, 1.165) is 46.2 Å². The molecule has 0 amide bonds. The smallest absolute Gasteiger partial charge is 0.321 e. The van der Waals surface area contributed by atoms with Gasteiger partial charge in [-0.2, -0.15) is 0 Å². The monoisotopic (exact) mass is 362 g/mol. The van der Waals surface area contributed by atoms with Crippen LogP contribution in [0.2, 0.25) is 0 Å². The molecule has 0 radical (unpaired) electrons. The summed E-state index contributed by atoms with van der Waals surface area (Å²) in [5, 5.41) is 0.179. The van der Waals surface area contributed by atoms with Gasteiger partial charge in [0.05, 0.1) is 5.30 Å². The van der Waals surface area contributed by atoms with Crippen molar-refractivity contribution in [2.24, 2.45) is 0 Å². The highest BCUT2D eigenvalue weighted by atomic mass is 31.2. The molecular formula is C22H19O3P. The molecule has 4 heteroatoms. The molecule has 5 rings (SSSR count). The molecular weight excluding hydrogens is 343 g/mol. The lowest BCUT2D eigenvalue weighted by Gasteiger charge is -2.23. The van der Waals surface area contributed by atoms with Gasteiger partial charge >= 0.3 is 7.60 Å². The molecule has 0 atom stereocenters. The van der Waals surface area contributed by atoms with E-state index in [9.17, 15) is 14.4 Å². The lowest BCUT2D eigenvalue weighted by atomic mass is 9.85. The number of benzene rings is 3. The first kappa shape index (κ1) is 16.0. The van der Waals surface area contributed by atoms with Gasteiger partial charge in [-0.3, -0.25) is 4.57 Å². The van der Waals surface area contributed by atoms with E-state index in [4.69, 9.17) is 0 Å². The zero-order valence-electron chi connectivity index (χ0n) is 14.2. The highest BCUT2D eigenvalue weighted by Gasteiger charge is 2.38. The van der Waals surface area contributed by atoms with Crippen molar-refractivity contribution < 1.29 is 14.4 Å². The van der Waals surface area contributed by atoms with Crippen LogP contribution in [-0.4, -0.2) is 9.79 Å². The van der Waals surface area contributed by atoms with Crippen molar-refractivity contribution in [1.29, 1.82) is 0 Å². The molecule has 0 saturated heterocycles. The predicted molar refractivity (Wildman–Crippen MR) is 103 cm³/mol. The summed E-state index contributed by atoms with van der Waals surface area (Å²) < 4.78 is 12.3. The SMILES string of the molecule is O=P(O)(O)c1cccc(C2CC2)c1C1c2ccccc2-c2ccccc21. The van der Waals surface area contributed by atoms with Gasteiger partial charge in [-0.15, -0.1) is 0 Å². The van der Waals surface area contributed by atoms with Gasteiger partial charge in [0.1, 0.15) is 0 Å². The second-order valence-corrected chi connectivity index (χ2v) is 8.78. The minimum atomic E-state index is -4.37. The molecule has 0 heterocycles. The van der Waals surface area contributed by atoms with E-state index in [1.807, 2.05) is 24.3 Å². The highest BCUT2D eigenvalue weighted by Crippen LogP contribution is 2.53. The van der Waals surface area contributed by atoms with Gasteiger partial charge in [0.15, 0.2) is 0 Å². The molecule has 0 aromatic heterocycles. The molecule has 0 bridgehead atoms. The van der Waals surface area contributed by atoms with Crippen LogP contribution in [0.3, 0.4) is 0 Å². The summed E-state index contributed by atoms with van der Waals surface area (Å²) in [4.78, 5) is 20.1. The summed E-state index contributed by atoms with van der Waals surface area (Å²) in [6.45, 7) is 0. The van der Waals surface area contributed by atoms with Crippen molar-refractivity contribution in [3.05, 3.63) is 89.0 Å². The Morgan fingerprint density at radius 3 is 1.81 bits per heavy atom. The van der Waals surface area contributed by atoms with Gasteiger partial charge in [0.25, 0.3) is 0 Å². The van der Waals surface area contributed by atoms with Crippen LogP contribution in [-0.2, 0) is 4.57 Å². The molecule has 2 aliphatic rings. The first-order valence-electron chi connectivity index (χ1n) is 8.93. The Morgan fingerprint density at radius 1 is 0.731 bits per heavy atom. The summed E-state index contributed by atoms with van der Waals surface area (Å²) in [6, 6.07) is 21.9. The van der Waals surface area contributed by atoms with Crippen molar-refractivity contribution in [1.82, 2.24) is 0 Å². The Morgan fingerprint density at radius 2 is 1.27 bits per heavy atom. The van der Waals surface area contributed by atoms with Crippen molar-refractivity contribution in [3.63, 3.8) is 0 Å². The fourth-order valence-electron chi connectivity index (χ4n) is 4.36. The summed E-state index contributed by atoms with van der Waals surface area (Å²) in [7, 11) is -4.37. The fraction of sp³-hybridized carbons (Fsp3) is 0.182. The van der Waals surface area contributed by atoms with Crippen LogP contribution in [0.1, 0.15) is 46.9 Å². The summed E-state index contributed by atoms with van der Waals surface area (Å²) in [6.07, 6.45) is 2.18. The number of hydrogen-bond acceptors (Lipinski definition) is 1. The van der Waals surface area contributed by atoms with E-state index >= 15 is 0 Å². The molecule has 26 heavy (non-hydrogen) atoms. The quantitative estimate of drug-likeness (QED) is 0.527. The second kappa shape index (κ2) is 5.65. The van der Waals surface area contributed by atoms with E-state index < -0.39 is 7.60 Å². The van der Waals surface area contributed by atoms with Crippen molar-refractivity contribution >= 4 is 12.9 Å². The van der Waals surface area contributed by atoms with Crippen LogP contribution in [0.4, 0.5) is 0 Å². The summed E-state index contributed by atoms with van der Waals surface area (Å²) in [5.74, 6) is 0.290. The van der Waals surface area contributed by atoms with Crippen LogP contribution < -0.4 is 5.30 Å². The maximum atomic E-state index is 12.3. The maximum Gasteiger partial charge on any atom is 0.356 e. The molecule has 3 aromatic carbocycles. The highest BCUT2D eigenvalue weighted by molar-refractivity contribution is 7.60. The summed E-state index contributed by atoms with van der Waals surface area (Å²) >= 11 is 0. The van der Waals surface area contributed by atoms with Gasteiger partial charge < -0.3 is 9.79 Å². The maximum absolute atomic E-state index is 12.3. The van der Waals surface area contributed by atoms with Crippen molar-refractivity contribution in [2.45, 2.75) is 24.7 Å². The topological polar surface area (TPSA) is 57.5 Å². The van der Waals surface area contributed by atoms with Gasteiger partial charge in [-0.05, 0) is 58.2 Å². The number of hydrogen-bond donors (Lipinski definition) is 2. The van der Waals surface area contributed by atoms with Crippen LogP contribution in [0.15, 0.2) is 66.7 Å². The molecule has 0 aliphatic heterocycles. The largest absolute Gasteiger partial charge is 0.356 e. The minimum Gasteiger partial charge on any atom is -0.321 e. The van der Waals surface area contributed by atoms with Crippen LogP contribution >= 0.6 is 7.60 Å². The third kappa shape index (κ3) is 2.39. The normalized spacial score (nSPS) is 16.4. The Kier molecular flexibility index (Phi) is 3.48. The average molecular weight is 362 g/mol. The molecule has 1 saturated carbocycles. The fourth-order valence-corrected chi connectivity index (χ4v) is 5.21. The second-order valence-electron chi connectivity index (χ2n) is 7.21. The third-order valence-corrected chi connectivity index (χ3v) is 6.59. The van der Waals surface area contributed by atoms with E-state index in [0.29, 0.717) is 5.92 Å². The van der Waals surface area contributed by atoms with E-state index in [2.05, 4.69) is 30.3 Å². The lowest BCUT2D eigenvalue weighted by molar-refractivity contribution is 0.387. The van der Waals surface area contributed by atoms with E-state index in [1.165, 1.54) is 0 Å². The zero-order valence-corrected chi connectivity index (χ0v) is 15.1. The van der Waals surface area contributed by atoms with Gasteiger partial charge in [0.2, 0.25) is 0 Å². The van der Waals surface area contributed by atoms with Gasteiger partial charge in [-0.1, -0.05) is 60.7 Å². The van der Waals surface area contributed by atoms with Crippen LogP contribution in [0.25, 0.3) is 11.1 Å². The van der Waals surface area contributed by atoms with Crippen LogP contribution in [0.5, 0.6) is 0 Å². The molecule has 2 aliphatic carbocycles. The average Bonchev–Trinajstić information content (AvgIpc) is 3.42. The Bertz CT molecular complexity index is 1020. The third-order valence-electron chi connectivity index (χ3n) is 5.57. The lowest BCUT2D eigenvalue weighted by Crippen LogP contribution is -2.18. The predicted octanol–water partition coefficient (Wildman–Crippen LogP) is 4.53. The Balaban J connectivity index is 1.85.